The SMILES string of the molecule is CN(C)Cn1cc(F)c(N)nc1=O.O. The predicted molar refractivity (Wildman–Crippen MR) is 50.2 cm³/mol. The van der Waals surface area contributed by atoms with Crippen molar-refractivity contribution in [1.29, 1.82) is 0 Å². The molecule has 0 spiro atoms. The normalized spacial score (nSPS) is 10.0. The molecule has 0 bridgehead atoms. The Bertz CT molecular complexity index is 363. The van der Waals surface area contributed by atoms with Gasteiger partial charge in [-0.25, -0.2) is 9.18 Å². The number of aromatic nitrogens is 2. The van der Waals surface area contributed by atoms with Crippen molar-refractivity contribution in [3.63, 3.8) is 0 Å². The van der Waals surface area contributed by atoms with Crippen molar-refractivity contribution in [2.24, 2.45) is 0 Å². The molecule has 7 heteroatoms. The minimum absolute atomic E-state index is 0. The number of hydrogen-bond donors (Lipinski definition) is 1. The van der Waals surface area contributed by atoms with Crippen LogP contribution in [-0.2, 0) is 6.67 Å². The number of rotatable bonds is 2. The molecule has 0 saturated carbocycles. The van der Waals surface area contributed by atoms with Crippen LogP contribution in [0.25, 0.3) is 0 Å². The highest BCUT2D eigenvalue weighted by Gasteiger charge is 2.04. The molecule has 4 N–H and O–H groups in total. The minimum Gasteiger partial charge on any atom is -0.412 e. The van der Waals surface area contributed by atoms with Crippen molar-refractivity contribution in [1.82, 2.24) is 14.5 Å². The Morgan fingerprint density at radius 3 is 2.71 bits per heavy atom. The molecule has 80 valence electrons. The summed E-state index contributed by atoms with van der Waals surface area (Å²) in [5.74, 6) is -1.04. The first-order chi connectivity index (χ1) is 6.00. The first-order valence-electron chi connectivity index (χ1n) is 3.68. The van der Waals surface area contributed by atoms with Crippen LogP contribution in [0.3, 0.4) is 0 Å². The summed E-state index contributed by atoms with van der Waals surface area (Å²) in [6.07, 6.45) is 1.05. The fourth-order valence-corrected chi connectivity index (χ4v) is 0.885. The zero-order valence-corrected chi connectivity index (χ0v) is 7.99. The molecule has 1 aromatic rings. The molecule has 0 atom stereocenters. The van der Waals surface area contributed by atoms with Gasteiger partial charge in [0, 0.05) is 6.20 Å². The summed E-state index contributed by atoms with van der Waals surface area (Å²) in [6, 6.07) is 0. The molecule has 6 nitrogen and oxygen atoms in total. The van der Waals surface area contributed by atoms with Gasteiger partial charge in [-0.2, -0.15) is 4.98 Å². The van der Waals surface area contributed by atoms with Crippen LogP contribution < -0.4 is 11.4 Å². The fraction of sp³-hybridized carbons (Fsp3) is 0.429. The Hall–Kier alpha value is -1.47. The molecule has 1 rings (SSSR count). The highest BCUT2D eigenvalue weighted by atomic mass is 19.1. The second-order valence-electron chi connectivity index (χ2n) is 2.95. The topological polar surface area (TPSA) is 95.7 Å². The third-order valence-corrected chi connectivity index (χ3v) is 1.41. The first-order valence-corrected chi connectivity index (χ1v) is 3.68. The van der Waals surface area contributed by atoms with Crippen LogP contribution >= 0.6 is 0 Å². The molecule has 0 unspecified atom stereocenters. The zero-order chi connectivity index (χ0) is 10.0. The number of nitrogens with two attached hydrogens (primary N) is 1. The molecule has 0 aliphatic rings. The molecular weight excluding hydrogens is 191 g/mol. The number of halogens is 1. The van der Waals surface area contributed by atoms with E-state index in [1.54, 1.807) is 19.0 Å². The third-order valence-electron chi connectivity index (χ3n) is 1.41. The molecule has 0 radical (unpaired) electrons. The average molecular weight is 204 g/mol. The lowest BCUT2D eigenvalue weighted by Crippen LogP contribution is -2.30. The van der Waals surface area contributed by atoms with E-state index in [0.29, 0.717) is 0 Å². The van der Waals surface area contributed by atoms with Gasteiger partial charge in [0.25, 0.3) is 0 Å². The van der Waals surface area contributed by atoms with Crippen LogP contribution in [0.15, 0.2) is 11.0 Å². The van der Waals surface area contributed by atoms with E-state index in [1.165, 1.54) is 0 Å². The summed E-state index contributed by atoms with van der Waals surface area (Å²) in [4.78, 5) is 16.1. The van der Waals surface area contributed by atoms with Gasteiger partial charge in [-0.1, -0.05) is 0 Å². The lowest BCUT2D eigenvalue weighted by Gasteiger charge is -2.11. The maximum atomic E-state index is 12.8. The van der Waals surface area contributed by atoms with E-state index in [4.69, 9.17) is 5.73 Å². The van der Waals surface area contributed by atoms with Crippen molar-refractivity contribution in [3.8, 4) is 0 Å². The molecule has 0 aromatic carbocycles. The third kappa shape index (κ3) is 2.79. The number of nitrogens with zero attached hydrogens (tertiary/aromatic N) is 3. The van der Waals surface area contributed by atoms with E-state index in [0.717, 1.165) is 10.8 Å². The number of nitrogen functional groups attached to an aromatic ring is 1. The van der Waals surface area contributed by atoms with Crippen LogP contribution in [-0.4, -0.2) is 34.0 Å². The molecule has 0 aliphatic heterocycles. The largest absolute Gasteiger partial charge is 0.412 e. The van der Waals surface area contributed by atoms with Gasteiger partial charge in [-0.05, 0) is 14.1 Å². The average Bonchev–Trinajstić information content (AvgIpc) is 1.99. The van der Waals surface area contributed by atoms with Gasteiger partial charge >= 0.3 is 5.69 Å². The lowest BCUT2D eigenvalue weighted by molar-refractivity contribution is 0.314. The van der Waals surface area contributed by atoms with Crippen molar-refractivity contribution in [3.05, 3.63) is 22.5 Å². The van der Waals surface area contributed by atoms with Crippen LogP contribution in [0.4, 0.5) is 10.2 Å². The maximum Gasteiger partial charge on any atom is 0.350 e. The summed E-state index contributed by atoms with van der Waals surface area (Å²) in [5.41, 5.74) is 4.56. The highest BCUT2D eigenvalue weighted by molar-refractivity contribution is 5.26. The van der Waals surface area contributed by atoms with Gasteiger partial charge < -0.3 is 11.2 Å². The Labute approximate surface area is 80.1 Å². The Kier molecular flexibility index (Phi) is 4.19. The summed E-state index contributed by atoms with van der Waals surface area (Å²) in [7, 11) is 3.53. The molecule has 0 saturated heterocycles. The van der Waals surface area contributed by atoms with E-state index in [9.17, 15) is 9.18 Å². The second kappa shape index (κ2) is 4.68. The fourth-order valence-electron chi connectivity index (χ4n) is 0.885. The van der Waals surface area contributed by atoms with Gasteiger partial charge in [0.2, 0.25) is 0 Å². The Balaban J connectivity index is 0.00000169. The van der Waals surface area contributed by atoms with Gasteiger partial charge in [-0.3, -0.25) is 9.47 Å². The molecular formula is C7H13FN4O2. The molecule has 14 heavy (non-hydrogen) atoms. The van der Waals surface area contributed by atoms with Gasteiger partial charge in [0.1, 0.15) is 0 Å². The zero-order valence-electron chi connectivity index (χ0n) is 7.99. The first kappa shape index (κ1) is 12.5. The maximum absolute atomic E-state index is 12.8. The van der Waals surface area contributed by atoms with Crippen LogP contribution in [0.5, 0.6) is 0 Å². The van der Waals surface area contributed by atoms with Crippen molar-refractivity contribution >= 4 is 5.82 Å². The Morgan fingerprint density at radius 2 is 2.21 bits per heavy atom. The lowest BCUT2D eigenvalue weighted by atomic mass is 10.5. The molecule has 1 aromatic heterocycles. The van der Waals surface area contributed by atoms with E-state index in [1.807, 2.05) is 0 Å². The summed E-state index contributed by atoms with van der Waals surface area (Å²) >= 11 is 0. The molecule has 1 heterocycles. The standard InChI is InChI=1S/C7H11FN4O.H2O/c1-11(2)4-12-3-5(8)6(9)10-7(12)13;/h3H,4H2,1-2H3,(H2,9,10,13);1H2. The molecule has 0 fully saturated rings. The quantitative estimate of drug-likeness (QED) is 0.644. The second-order valence-corrected chi connectivity index (χ2v) is 2.95. The summed E-state index contributed by atoms with van der Waals surface area (Å²) < 4.78 is 14.0. The molecule has 0 amide bonds. The van der Waals surface area contributed by atoms with Crippen LogP contribution in [0.1, 0.15) is 0 Å². The van der Waals surface area contributed by atoms with Crippen LogP contribution in [0.2, 0.25) is 0 Å². The van der Waals surface area contributed by atoms with E-state index < -0.39 is 11.5 Å². The minimum atomic E-state index is -0.679. The molecule has 0 aliphatic carbocycles. The highest BCUT2D eigenvalue weighted by Crippen LogP contribution is 2.00. The summed E-state index contributed by atoms with van der Waals surface area (Å²) in [5, 5.41) is 0. The number of anilines is 1. The summed E-state index contributed by atoms with van der Waals surface area (Å²) in [6.45, 7) is 0.281. The van der Waals surface area contributed by atoms with Crippen LogP contribution in [0, 0.1) is 5.82 Å². The number of hydrogen-bond acceptors (Lipinski definition) is 4. The van der Waals surface area contributed by atoms with Gasteiger partial charge in [0.15, 0.2) is 11.6 Å². The smallest absolute Gasteiger partial charge is 0.350 e. The van der Waals surface area contributed by atoms with Gasteiger partial charge in [0.05, 0.1) is 6.67 Å². The predicted octanol–water partition coefficient (Wildman–Crippen LogP) is -1.34. The Morgan fingerprint density at radius 1 is 1.64 bits per heavy atom. The van der Waals surface area contributed by atoms with Gasteiger partial charge in [-0.15, -0.1) is 0 Å². The monoisotopic (exact) mass is 204 g/mol. The van der Waals surface area contributed by atoms with E-state index >= 15 is 0 Å². The van der Waals surface area contributed by atoms with E-state index in [-0.39, 0.29) is 18.0 Å². The van der Waals surface area contributed by atoms with E-state index in [2.05, 4.69) is 4.98 Å². The van der Waals surface area contributed by atoms with Crippen molar-refractivity contribution < 1.29 is 9.87 Å². The van der Waals surface area contributed by atoms with Crippen molar-refractivity contribution in [2.45, 2.75) is 6.67 Å². The van der Waals surface area contributed by atoms with Crippen molar-refractivity contribution in [2.75, 3.05) is 19.8 Å².